The molecule has 5 N–H and O–H groups in total. The average molecular weight is 327 g/mol. The van der Waals surface area contributed by atoms with E-state index < -0.39 is 39.7 Å². The number of hydrogen-bond acceptors (Lipinski definition) is 6. The van der Waals surface area contributed by atoms with Crippen LogP contribution >= 0.6 is 0 Å². The molecule has 0 saturated carbocycles. The summed E-state index contributed by atoms with van der Waals surface area (Å²) >= 11 is 0. The van der Waals surface area contributed by atoms with Crippen molar-refractivity contribution in [2.24, 2.45) is 5.73 Å². The predicted octanol–water partition coefficient (Wildman–Crippen LogP) is -1.62. The molecular weight excluding hydrogens is 306 g/mol. The molecule has 1 aromatic carbocycles. The minimum Gasteiger partial charge on any atom is -0.390 e. The monoisotopic (exact) mass is 327 g/mol. The lowest BCUT2D eigenvalue weighted by Gasteiger charge is -2.18. The minimum absolute atomic E-state index is 0.150. The third-order valence-corrected chi connectivity index (χ3v) is 5.15. The van der Waals surface area contributed by atoms with Gasteiger partial charge in [-0.25, -0.2) is 8.42 Å². The molecule has 3 unspecified atom stereocenters. The van der Waals surface area contributed by atoms with Crippen molar-refractivity contribution in [1.29, 1.82) is 0 Å². The molecule has 1 aliphatic heterocycles. The van der Waals surface area contributed by atoms with Crippen LogP contribution in [0.5, 0.6) is 0 Å². The first-order valence-corrected chi connectivity index (χ1v) is 8.88. The Hall–Kier alpha value is -1.48. The zero-order chi connectivity index (χ0) is 16.2. The molecule has 2 rings (SSSR count). The molecule has 0 aliphatic carbocycles. The summed E-state index contributed by atoms with van der Waals surface area (Å²) in [7, 11) is -3.49. The first kappa shape index (κ1) is 16.9. The fraction of sp³-hybridized carbons (Fsp3) is 0.500. The number of nitrogens with one attached hydrogen (secondary N) is 2. The van der Waals surface area contributed by atoms with Crippen molar-refractivity contribution in [2.75, 3.05) is 18.8 Å². The summed E-state index contributed by atoms with van der Waals surface area (Å²) in [6.07, 6.45) is -0.683. The van der Waals surface area contributed by atoms with Gasteiger partial charge in [0, 0.05) is 13.1 Å². The van der Waals surface area contributed by atoms with E-state index in [1.807, 2.05) is 0 Å². The van der Waals surface area contributed by atoms with Crippen LogP contribution in [0.15, 0.2) is 30.3 Å². The van der Waals surface area contributed by atoms with Gasteiger partial charge in [0.1, 0.15) is 0 Å². The van der Waals surface area contributed by atoms with Gasteiger partial charge in [-0.15, -0.1) is 0 Å². The normalized spacial score (nSPS) is 23.2. The third-order valence-electron chi connectivity index (χ3n) is 3.51. The number of hydrogen-bond donors (Lipinski definition) is 4. The lowest BCUT2D eigenvalue weighted by molar-refractivity contribution is -0.123. The van der Waals surface area contributed by atoms with Crippen LogP contribution in [0.2, 0.25) is 0 Å². The molecule has 7 nitrogen and oxygen atoms in total. The number of aliphatic hydroxyl groups is 1. The molecule has 3 atom stereocenters. The highest BCUT2D eigenvalue weighted by Gasteiger charge is 2.29. The number of nitrogens with two attached hydrogens (primary N) is 1. The van der Waals surface area contributed by atoms with Crippen molar-refractivity contribution in [3.63, 3.8) is 0 Å². The van der Waals surface area contributed by atoms with Gasteiger partial charge in [0.15, 0.2) is 9.84 Å². The molecule has 1 aromatic rings. The van der Waals surface area contributed by atoms with Gasteiger partial charge in [0.2, 0.25) is 5.91 Å². The van der Waals surface area contributed by atoms with Crippen LogP contribution < -0.4 is 16.4 Å². The molecule has 0 radical (unpaired) electrons. The van der Waals surface area contributed by atoms with Crippen molar-refractivity contribution >= 4 is 15.7 Å². The fourth-order valence-electron chi connectivity index (χ4n) is 2.34. The number of amides is 1. The molecule has 1 aliphatic rings. The summed E-state index contributed by atoms with van der Waals surface area (Å²) in [5.41, 5.74) is 6.35. The third kappa shape index (κ3) is 4.77. The van der Waals surface area contributed by atoms with Crippen molar-refractivity contribution < 1.29 is 18.3 Å². The Morgan fingerprint density at radius 2 is 2.05 bits per heavy atom. The second kappa shape index (κ2) is 7.19. The highest BCUT2D eigenvalue weighted by atomic mass is 32.2. The number of β-amino-alcohol motifs (C(OH)–C–C–N with tert-alkyl or cyclic N) is 1. The van der Waals surface area contributed by atoms with Gasteiger partial charge in [-0.05, 0) is 5.56 Å². The average Bonchev–Trinajstić information content (AvgIpc) is 2.84. The Morgan fingerprint density at radius 1 is 1.36 bits per heavy atom. The van der Waals surface area contributed by atoms with Crippen molar-refractivity contribution in [2.45, 2.75) is 23.9 Å². The van der Waals surface area contributed by atoms with Crippen LogP contribution in [0.25, 0.3) is 0 Å². The Kier molecular flexibility index (Phi) is 5.52. The number of aliphatic hydroxyl groups excluding tert-OH is 1. The Labute approximate surface area is 129 Å². The van der Waals surface area contributed by atoms with Gasteiger partial charge in [0.05, 0.1) is 29.7 Å². The van der Waals surface area contributed by atoms with Crippen LogP contribution in [0.3, 0.4) is 0 Å². The SMILES string of the molecule is NC(CS(=O)(=O)Cc1ccccc1)C(=O)NC1CNCC1O. The second-order valence-corrected chi connectivity index (χ2v) is 7.60. The van der Waals surface area contributed by atoms with Gasteiger partial charge < -0.3 is 21.5 Å². The molecule has 1 saturated heterocycles. The standard InChI is InChI=1S/C14H21N3O4S/c15-11(14(19)17-12-6-16-7-13(12)18)9-22(20,21)8-10-4-2-1-3-5-10/h1-5,11-13,16,18H,6-9,15H2,(H,17,19). The van der Waals surface area contributed by atoms with Gasteiger partial charge in [0.25, 0.3) is 0 Å². The molecular formula is C14H21N3O4S. The topological polar surface area (TPSA) is 122 Å². The molecule has 1 fully saturated rings. The number of rotatable bonds is 6. The van der Waals surface area contributed by atoms with Crippen molar-refractivity contribution in [3.05, 3.63) is 35.9 Å². The van der Waals surface area contributed by atoms with E-state index in [4.69, 9.17) is 5.73 Å². The maximum absolute atomic E-state index is 12.1. The molecule has 0 bridgehead atoms. The molecule has 8 heteroatoms. The summed E-state index contributed by atoms with van der Waals surface area (Å²) in [4.78, 5) is 11.9. The van der Waals surface area contributed by atoms with E-state index in [0.717, 1.165) is 0 Å². The summed E-state index contributed by atoms with van der Waals surface area (Å²) in [5, 5.41) is 15.1. The molecule has 1 heterocycles. The summed E-state index contributed by atoms with van der Waals surface area (Å²) in [6.45, 7) is 0.836. The van der Waals surface area contributed by atoms with Crippen molar-refractivity contribution in [3.8, 4) is 0 Å². The van der Waals surface area contributed by atoms with Gasteiger partial charge in [-0.1, -0.05) is 30.3 Å². The zero-order valence-corrected chi connectivity index (χ0v) is 12.9. The van der Waals surface area contributed by atoms with Crippen LogP contribution in [0.1, 0.15) is 5.56 Å². The number of carbonyl (C=O) groups is 1. The predicted molar refractivity (Wildman–Crippen MR) is 82.7 cm³/mol. The highest BCUT2D eigenvalue weighted by molar-refractivity contribution is 7.90. The molecule has 0 spiro atoms. The molecule has 22 heavy (non-hydrogen) atoms. The quantitative estimate of drug-likeness (QED) is 0.498. The van der Waals surface area contributed by atoms with E-state index in [0.29, 0.717) is 18.7 Å². The minimum atomic E-state index is -3.49. The first-order valence-electron chi connectivity index (χ1n) is 7.06. The molecule has 122 valence electrons. The molecule has 0 aromatic heterocycles. The van der Waals surface area contributed by atoms with E-state index in [1.54, 1.807) is 30.3 Å². The Bertz CT molecular complexity index is 606. The number of carbonyl (C=O) groups excluding carboxylic acids is 1. The van der Waals surface area contributed by atoms with Crippen LogP contribution in [0, 0.1) is 0 Å². The van der Waals surface area contributed by atoms with Gasteiger partial charge >= 0.3 is 0 Å². The maximum atomic E-state index is 12.1. The number of benzene rings is 1. The lowest BCUT2D eigenvalue weighted by atomic mass is 10.2. The first-order chi connectivity index (χ1) is 10.4. The lowest BCUT2D eigenvalue weighted by Crippen LogP contribution is -2.51. The van der Waals surface area contributed by atoms with Crippen molar-refractivity contribution in [1.82, 2.24) is 10.6 Å². The Balaban J connectivity index is 1.89. The van der Waals surface area contributed by atoms with E-state index in [2.05, 4.69) is 10.6 Å². The summed E-state index contributed by atoms with van der Waals surface area (Å²) in [5.74, 6) is -1.14. The van der Waals surface area contributed by atoms with E-state index in [1.165, 1.54) is 0 Å². The van der Waals surface area contributed by atoms with Gasteiger partial charge in [-0.2, -0.15) is 0 Å². The van der Waals surface area contributed by atoms with E-state index in [9.17, 15) is 18.3 Å². The highest BCUT2D eigenvalue weighted by Crippen LogP contribution is 2.07. The fourth-order valence-corrected chi connectivity index (χ4v) is 3.86. The zero-order valence-electron chi connectivity index (χ0n) is 12.1. The van der Waals surface area contributed by atoms with Crippen LogP contribution in [-0.4, -0.2) is 56.5 Å². The largest absolute Gasteiger partial charge is 0.390 e. The van der Waals surface area contributed by atoms with Crippen LogP contribution in [0.4, 0.5) is 0 Å². The smallest absolute Gasteiger partial charge is 0.238 e. The number of sulfone groups is 1. The maximum Gasteiger partial charge on any atom is 0.238 e. The van der Waals surface area contributed by atoms with E-state index in [-0.39, 0.29) is 5.75 Å². The summed E-state index contributed by atoms with van der Waals surface area (Å²) in [6, 6.07) is 7.15. The van der Waals surface area contributed by atoms with Crippen LogP contribution in [-0.2, 0) is 20.4 Å². The second-order valence-electron chi connectivity index (χ2n) is 5.49. The molecule has 1 amide bonds. The van der Waals surface area contributed by atoms with Gasteiger partial charge in [-0.3, -0.25) is 4.79 Å². The summed E-state index contributed by atoms with van der Waals surface area (Å²) < 4.78 is 24.2. The van der Waals surface area contributed by atoms with E-state index >= 15 is 0 Å². The Morgan fingerprint density at radius 3 is 2.64 bits per heavy atom.